The zero-order chi connectivity index (χ0) is 15.7. The minimum absolute atomic E-state index is 0.453. The molecule has 0 aromatic carbocycles. The van der Waals surface area contributed by atoms with Crippen molar-refractivity contribution in [3.05, 3.63) is 29.7 Å². The summed E-state index contributed by atoms with van der Waals surface area (Å²) in [6, 6.07) is 0. The molecule has 0 bridgehead atoms. The molecule has 124 valence electrons. The van der Waals surface area contributed by atoms with Gasteiger partial charge in [-0.15, -0.1) is 0 Å². The van der Waals surface area contributed by atoms with Gasteiger partial charge in [0.15, 0.2) is 5.82 Å². The predicted molar refractivity (Wildman–Crippen MR) is 82.9 cm³/mol. The SMILES string of the molecule is OC1(Cc2nc(C3CC3)no2)CCCN(CCc2cn[nH]c2)C1. The van der Waals surface area contributed by atoms with Gasteiger partial charge in [0.2, 0.25) is 5.89 Å². The average Bonchev–Trinajstić information content (AvgIpc) is 3.06. The van der Waals surface area contributed by atoms with Crippen LogP contribution in [-0.2, 0) is 12.8 Å². The highest BCUT2D eigenvalue weighted by atomic mass is 16.5. The second kappa shape index (κ2) is 6.05. The van der Waals surface area contributed by atoms with Crippen molar-refractivity contribution in [3.8, 4) is 0 Å². The number of nitrogens with one attached hydrogen (secondary N) is 1. The molecule has 2 N–H and O–H groups in total. The van der Waals surface area contributed by atoms with Crippen LogP contribution in [0.25, 0.3) is 0 Å². The van der Waals surface area contributed by atoms with Gasteiger partial charge in [0.05, 0.1) is 18.2 Å². The van der Waals surface area contributed by atoms with E-state index in [1.165, 1.54) is 5.56 Å². The van der Waals surface area contributed by atoms with Gasteiger partial charge in [-0.1, -0.05) is 5.16 Å². The van der Waals surface area contributed by atoms with Crippen molar-refractivity contribution >= 4 is 0 Å². The van der Waals surface area contributed by atoms with Crippen molar-refractivity contribution in [2.75, 3.05) is 19.6 Å². The summed E-state index contributed by atoms with van der Waals surface area (Å²) in [5.74, 6) is 1.88. The summed E-state index contributed by atoms with van der Waals surface area (Å²) in [5.41, 5.74) is 0.437. The second-order valence-electron chi connectivity index (χ2n) is 6.96. The highest BCUT2D eigenvalue weighted by Gasteiger charge is 2.36. The minimum Gasteiger partial charge on any atom is -0.388 e. The van der Waals surface area contributed by atoms with E-state index in [1.54, 1.807) is 0 Å². The molecular weight excluding hydrogens is 294 g/mol. The monoisotopic (exact) mass is 317 g/mol. The third kappa shape index (κ3) is 3.61. The van der Waals surface area contributed by atoms with Crippen LogP contribution in [0.3, 0.4) is 0 Å². The van der Waals surface area contributed by atoms with Crippen molar-refractivity contribution in [2.45, 2.75) is 50.0 Å². The normalized spacial score (nSPS) is 25.8. The smallest absolute Gasteiger partial charge is 0.229 e. The number of aromatic nitrogens is 4. The number of rotatable bonds is 6. The number of aliphatic hydroxyl groups is 1. The molecule has 3 heterocycles. The van der Waals surface area contributed by atoms with Gasteiger partial charge in [0.1, 0.15) is 0 Å². The molecule has 2 aliphatic rings. The number of hydrogen-bond acceptors (Lipinski definition) is 6. The maximum absolute atomic E-state index is 10.9. The number of hydrogen-bond donors (Lipinski definition) is 2. The molecule has 7 nitrogen and oxygen atoms in total. The number of nitrogens with zero attached hydrogens (tertiary/aromatic N) is 4. The Morgan fingerprint density at radius 3 is 3.13 bits per heavy atom. The fourth-order valence-electron chi connectivity index (χ4n) is 3.37. The molecule has 1 aliphatic heterocycles. The van der Waals surface area contributed by atoms with Gasteiger partial charge in [-0.2, -0.15) is 10.1 Å². The van der Waals surface area contributed by atoms with Crippen LogP contribution < -0.4 is 0 Å². The summed E-state index contributed by atoms with van der Waals surface area (Å²) in [4.78, 5) is 6.77. The van der Waals surface area contributed by atoms with Gasteiger partial charge < -0.3 is 14.5 Å². The van der Waals surface area contributed by atoms with Crippen LogP contribution in [0.15, 0.2) is 16.9 Å². The Balaban J connectivity index is 1.34. The van der Waals surface area contributed by atoms with Crippen molar-refractivity contribution in [2.24, 2.45) is 0 Å². The van der Waals surface area contributed by atoms with Gasteiger partial charge in [0, 0.05) is 25.2 Å². The van der Waals surface area contributed by atoms with E-state index in [2.05, 4.69) is 25.2 Å². The van der Waals surface area contributed by atoms with Crippen LogP contribution in [0, 0.1) is 0 Å². The van der Waals surface area contributed by atoms with Gasteiger partial charge in [-0.25, -0.2) is 0 Å². The summed E-state index contributed by atoms with van der Waals surface area (Å²) in [5, 5.41) is 21.8. The van der Waals surface area contributed by atoms with Crippen LogP contribution in [-0.4, -0.2) is 55.6 Å². The van der Waals surface area contributed by atoms with E-state index in [0.717, 1.165) is 51.0 Å². The number of likely N-dealkylation sites (tertiary alicyclic amines) is 1. The lowest BCUT2D eigenvalue weighted by atomic mass is 9.89. The van der Waals surface area contributed by atoms with Gasteiger partial charge in [0.25, 0.3) is 0 Å². The maximum atomic E-state index is 10.9. The predicted octanol–water partition coefficient (Wildman–Crippen LogP) is 1.28. The number of H-pyrrole nitrogens is 1. The molecule has 2 aromatic heterocycles. The molecule has 23 heavy (non-hydrogen) atoms. The lowest BCUT2D eigenvalue weighted by Gasteiger charge is -2.38. The van der Waals surface area contributed by atoms with E-state index in [-0.39, 0.29) is 0 Å². The van der Waals surface area contributed by atoms with Crippen molar-refractivity contribution in [1.82, 2.24) is 25.2 Å². The lowest BCUT2D eigenvalue weighted by Crippen LogP contribution is -2.50. The maximum Gasteiger partial charge on any atom is 0.229 e. The highest BCUT2D eigenvalue weighted by Crippen LogP contribution is 2.38. The molecule has 2 fully saturated rings. The first-order chi connectivity index (χ1) is 11.2. The zero-order valence-electron chi connectivity index (χ0n) is 13.2. The largest absolute Gasteiger partial charge is 0.388 e. The van der Waals surface area contributed by atoms with Crippen molar-refractivity contribution in [3.63, 3.8) is 0 Å². The second-order valence-corrected chi connectivity index (χ2v) is 6.96. The minimum atomic E-state index is -0.762. The van der Waals surface area contributed by atoms with Crippen LogP contribution in [0.1, 0.15) is 48.9 Å². The van der Waals surface area contributed by atoms with E-state index in [9.17, 15) is 5.11 Å². The van der Waals surface area contributed by atoms with E-state index in [1.807, 2.05) is 12.4 Å². The molecule has 0 spiro atoms. The Kier molecular flexibility index (Phi) is 3.90. The Hall–Kier alpha value is -1.73. The molecule has 1 atom stereocenters. The molecule has 4 rings (SSSR count). The standard InChI is InChI=1S/C16H23N5O2/c22-16(8-14-19-15(20-23-14)13-2-3-13)5-1-6-21(11-16)7-4-12-9-17-18-10-12/h9-10,13,22H,1-8,11H2,(H,17,18). The van der Waals surface area contributed by atoms with Crippen LogP contribution >= 0.6 is 0 Å². The van der Waals surface area contributed by atoms with Gasteiger partial charge in [-0.05, 0) is 44.2 Å². The zero-order valence-corrected chi connectivity index (χ0v) is 13.2. The fourth-order valence-corrected chi connectivity index (χ4v) is 3.37. The van der Waals surface area contributed by atoms with Crippen LogP contribution in [0.2, 0.25) is 0 Å². The molecule has 2 aromatic rings. The number of aromatic amines is 1. The Morgan fingerprint density at radius 2 is 2.35 bits per heavy atom. The molecule has 7 heteroatoms. The topological polar surface area (TPSA) is 91.1 Å². The molecule has 1 saturated carbocycles. The number of β-amino-alcohol motifs (C(OH)–C–C–N with tert-alkyl or cyclic N) is 1. The Bertz CT molecular complexity index is 637. The Morgan fingerprint density at radius 1 is 1.43 bits per heavy atom. The first-order valence-electron chi connectivity index (χ1n) is 8.45. The average molecular weight is 317 g/mol. The van der Waals surface area contributed by atoms with Crippen molar-refractivity contribution < 1.29 is 9.63 Å². The lowest BCUT2D eigenvalue weighted by molar-refractivity contribution is -0.0345. The molecular formula is C16H23N5O2. The van der Waals surface area contributed by atoms with Gasteiger partial charge in [-0.3, -0.25) is 5.10 Å². The first kappa shape index (κ1) is 14.8. The fraction of sp³-hybridized carbons (Fsp3) is 0.688. The third-order valence-corrected chi connectivity index (χ3v) is 4.81. The quantitative estimate of drug-likeness (QED) is 0.834. The summed E-state index contributed by atoms with van der Waals surface area (Å²) >= 11 is 0. The third-order valence-electron chi connectivity index (χ3n) is 4.81. The van der Waals surface area contributed by atoms with E-state index in [4.69, 9.17) is 4.52 Å². The van der Waals surface area contributed by atoms with E-state index in [0.29, 0.717) is 24.8 Å². The summed E-state index contributed by atoms with van der Waals surface area (Å²) in [7, 11) is 0. The van der Waals surface area contributed by atoms with Crippen LogP contribution in [0.5, 0.6) is 0 Å². The molecule has 1 saturated heterocycles. The Labute approximate surface area is 135 Å². The highest BCUT2D eigenvalue weighted by molar-refractivity contribution is 5.06. The van der Waals surface area contributed by atoms with Crippen molar-refractivity contribution in [1.29, 1.82) is 0 Å². The van der Waals surface area contributed by atoms with E-state index < -0.39 is 5.60 Å². The molecule has 1 aliphatic carbocycles. The molecule has 0 amide bonds. The number of piperidine rings is 1. The summed E-state index contributed by atoms with van der Waals surface area (Å²) in [6.07, 6.45) is 9.27. The molecule has 0 radical (unpaired) electrons. The van der Waals surface area contributed by atoms with Gasteiger partial charge >= 0.3 is 0 Å². The first-order valence-corrected chi connectivity index (χ1v) is 8.45. The van der Waals surface area contributed by atoms with E-state index >= 15 is 0 Å². The molecule has 1 unspecified atom stereocenters. The summed E-state index contributed by atoms with van der Waals surface area (Å²) in [6.45, 7) is 2.61. The summed E-state index contributed by atoms with van der Waals surface area (Å²) < 4.78 is 5.34. The van der Waals surface area contributed by atoms with Crippen LogP contribution in [0.4, 0.5) is 0 Å².